The zero-order valence-corrected chi connectivity index (χ0v) is 24.8. The molecule has 0 radical (unpaired) electrons. The maximum absolute atomic E-state index is 6.80. The van der Waals surface area contributed by atoms with E-state index >= 15 is 0 Å². The lowest BCUT2D eigenvalue weighted by Crippen LogP contribution is -2.56. The van der Waals surface area contributed by atoms with E-state index in [1.165, 1.54) is 93.5 Å². The van der Waals surface area contributed by atoms with Gasteiger partial charge in [-0.2, -0.15) is 0 Å². The van der Waals surface area contributed by atoms with Gasteiger partial charge in [-0.1, -0.05) is 117 Å². The highest BCUT2D eigenvalue weighted by Crippen LogP contribution is 2.55. The van der Waals surface area contributed by atoms with Crippen molar-refractivity contribution in [3.05, 3.63) is 127 Å². The third-order valence-electron chi connectivity index (χ3n) is 11.2. The van der Waals surface area contributed by atoms with Gasteiger partial charge in [0.05, 0.1) is 16.6 Å². The summed E-state index contributed by atoms with van der Waals surface area (Å²) in [7, 11) is 0. The van der Waals surface area contributed by atoms with Gasteiger partial charge in [0, 0.05) is 49.3 Å². The maximum Gasteiger partial charge on any atom is 0.332 e. The Hall–Kier alpha value is -5.48. The Morgan fingerprint density at radius 3 is 2.31 bits per heavy atom. The lowest BCUT2D eigenvalue weighted by Gasteiger charge is -2.37. The van der Waals surface area contributed by atoms with E-state index in [9.17, 15) is 0 Å². The normalized spacial score (nSPS) is 15.0. The van der Waals surface area contributed by atoms with Gasteiger partial charge in [0.1, 0.15) is 5.58 Å². The van der Waals surface area contributed by atoms with Gasteiger partial charge >= 0.3 is 6.85 Å². The lowest BCUT2D eigenvalue weighted by atomic mass is 9.45. The SMILES string of the molecule is CC1(C)c2ccccc2-c2c1n1c3c(cccc23)-c2cc3ccccc3c3c2B1c1cccc2c4c5ccccc5oc4n-3c12. The number of para-hydroxylation sites is 3. The van der Waals surface area contributed by atoms with Crippen molar-refractivity contribution in [2.75, 3.05) is 0 Å². The van der Waals surface area contributed by atoms with Crippen LogP contribution in [0.3, 0.4) is 0 Å². The van der Waals surface area contributed by atoms with Crippen LogP contribution in [-0.2, 0) is 5.41 Å². The van der Waals surface area contributed by atoms with Gasteiger partial charge in [-0.05, 0) is 45.1 Å². The largest absolute Gasteiger partial charge is 0.439 e. The van der Waals surface area contributed by atoms with Crippen LogP contribution in [0.15, 0.2) is 120 Å². The number of hydrogen-bond acceptors (Lipinski definition) is 1. The Bertz CT molecular complexity index is 2860. The Morgan fingerprint density at radius 1 is 0.644 bits per heavy atom. The molecule has 1 aliphatic carbocycles. The fourth-order valence-corrected chi connectivity index (χ4v) is 9.61. The molecular weight excluding hydrogens is 547 g/mol. The molecule has 5 heterocycles. The van der Waals surface area contributed by atoms with E-state index in [2.05, 4.69) is 138 Å². The molecule has 0 bridgehead atoms. The van der Waals surface area contributed by atoms with Crippen molar-refractivity contribution < 1.29 is 4.42 Å². The molecule has 0 spiro atoms. The van der Waals surface area contributed by atoms with Crippen LogP contribution in [0.1, 0.15) is 25.1 Å². The minimum atomic E-state index is -0.145. The molecule has 0 unspecified atom stereocenters. The van der Waals surface area contributed by atoms with E-state index in [1.807, 2.05) is 0 Å². The van der Waals surface area contributed by atoms with Crippen molar-refractivity contribution in [3.8, 4) is 27.9 Å². The summed E-state index contributed by atoms with van der Waals surface area (Å²) in [5.41, 5.74) is 16.6. The molecule has 4 heteroatoms. The number of hydrogen-bond donors (Lipinski definition) is 0. The average Bonchev–Trinajstić information content (AvgIpc) is 3.78. The first kappa shape index (κ1) is 23.0. The molecule has 0 saturated carbocycles. The van der Waals surface area contributed by atoms with Crippen molar-refractivity contribution >= 4 is 72.4 Å². The highest BCUT2D eigenvalue weighted by Gasteiger charge is 2.48. The molecule has 2 aliphatic heterocycles. The number of furan rings is 1. The molecule has 0 atom stereocenters. The van der Waals surface area contributed by atoms with E-state index in [0.717, 1.165) is 11.3 Å². The van der Waals surface area contributed by atoms with Crippen LogP contribution >= 0.6 is 0 Å². The summed E-state index contributed by atoms with van der Waals surface area (Å²) in [6.45, 7) is 4.88. The van der Waals surface area contributed by atoms with Gasteiger partial charge in [0.15, 0.2) is 0 Å². The zero-order chi connectivity index (χ0) is 29.3. The first-order valence-electron chi connectivity index (χ1n) is 15.9. The first-order valence-corrected chi connectivity index (χ1v) is 15.9. The molecule has 3 nitrogen and oxygen atoms in total. The predicted molar refractivity (Wildman–Crippen MR) is 187 cm³/mol. The van der Waals surface area contributed by atoms with Gasteiger partial charge in [0.25, 0.3) is 0 Å². The number of aromatic nitrogens is 2. The summed E-state index contributed by atoms with van der Waals surface area (Å²) < 4.78 is 12.0. The molecule has 0 amide bonds. The topological polar surface area (TPSA) is 23.0 Å². The minimum Gasteiger partial charge on any atom is -0.439 e. The molecule has 0 saturated heterocycles. The fourth-order valence-electron chi connectivity index (χ4n) is 9.61. The highest BCUT2D eigenvalue weighted by atomic mass is 16.3. The molecule has 0 fully saturated rings. The van der Waals surface area contributed by atoms with E-state index in [1.54, 1.807) is 0 Å². The van der Waals surface area contributed by atoms with Crippen LogP contribution < -0.4 is 10.9 Å². The van der Waals surface area contributed by atoms with Crippen molar-refractivity contribution in [2.24, 2.45) is 0 Å². The van der Waals surface area contributed by atoms with Crippen LogP contribution in [0, 0.1) is 0 Å². The third-order valence-corrected chi connectivity index (χ3v) is 11.2. The molecule has 12 rings (SSSR count). The second-order valence-corrected chi connectivity index (χ2v) is 13.6. The van der Waals surface area contributed by atoms with Crippen molar-refractivity contribution in [1.82, 2.24) is 9.05 Å². The second-order valence-electron chi connectivity index (χ2n) is 13.6. The fraction of sp³-hybridized carbons (Fsp3) is 0.0732. The number of benzene rings is 6. The Labute approximate surface area is 259 Å². The average molecular weight is 572 g/mol. The Morgan fingerprint density at radius 2 is 1.38 bits per heavy atom. The van der Waals surface area contributed by atoms with Crippen LogP contribution in [0.4, 0.5) is 0 Å². The molecule has 3 aromatic heterocycles. The van der Waals surface area contributed by atoms with Crippen molar-refractivity contribution in [3.63, 3.8) is 0 Å². The zero-order valence-electron chi connectivity index (χ0n) is 24.8. The molecule has 208 valence electrons. The van der Waals surface area contributed by atoms with E-state index < -0.39 is 0 Å². The van der Waals surface area contributed by atoms with Gasteiger partial charge in [0.2, 0.25) is 5.71 Å². The molecule has 6 aromatic carbocycles. The van der Waals surface area contributed by atoms with Gasteiger partial charge in [-0.25, -0.2) is 0 Å². The number of nitrogens with zero attached hydrogens (tertiary/aromatic N) is 2. The highest BCUT2D eigenvalue weighted by molar-refractivity contribution is 6.90. The van der Waals surface area contributed by atoms with Crippen LogP contribution in [0.2, 0.25) is 0 Å². The van der Waals surface area contributed by atoms with Crippen molar-refractivity contribution in [2.45, 2.75) is 19.3 Å². The Kier molecular flexibility index (Phi) is 3.70. The maximum atomic E-state index is 6.80. The van der Waals surface area contributed by atoms with Gasteiger partial charge < -0.3 is 8.90 Å². The summed E-state index contributed by atoms with van der Waals surface area (Å²) in [5.74, 6) is 0. The summed E-state index contributed by atoms with van der Waals surface area (Å²) in [4.78, 5) is 0. The Balaban J connectivity index is 1.37. The van der Waals surface area contributed by atoms with E-state index in [-0.39, 0.29) is 12.3 Å². The monoisotopic (exact) mass is 572 g/mol. The molecule has 45 heavy (non-hydrogen) atoms. The second kappa shape index (κ2) is 7.25. The lowest BCUT2D eigenvalue weighted by molar-refractivity contribution is 0.632. The van der Waals surface area contributed by atoms with Crippen molar-refractivity contribution in [1.29, 1.82) is 0 Å². The molecule has 9 aromatic rings. The molecule has 3 aliphatic rings. The van der Waals surface area contributed by atoms with E-state index in [4.69, 9.17) is 4.42 Å². The standard InChI is InChI=1S/C41H25BN2O/c1-41(2)30-18-7-5-13-25(30)33-27-16-9-15-24-29-21-22-11-3-4-12-23(22)38-35(29)42(44(36(24)27)39(33)41)31-19-10-17-28-34-26-14-6-8-20-32(26)45-40(34)43(38)37(28)31/h3-21H,1-2H3. The molecule has 0 N–H and O–H groups in total. The van der Waals surface area contributed by atoms with Gasteiger partial charge in [-0.3, -0.25) is 4.57 Å². The van der Waals surface area contributed by atoms with Crippen LogP contribution in [-0.4, -0.2) is 15.9 Å². The third kappa shape index (κ3) is 2.36. The van der Waals surface area contributed by atoms with Crippen LogP contribution in [0.5, 0.6) is 0 Å². The van der Waals surface area contributed by atoms with Crippen LogP contribution in [0.25, 0.3) is 82.6 Å². The van der Waals surface area contributed by atoms with E-state index in [0.29, 0.717) is 0 Å². The number of fused-ring (bicyclic) bond motifs is 16. The summed E-state index contributed by atoms with van der Waals surface area (Å²) in [6.07, 6.45) is 0. The molecular formula is C41H25BN2O. The predicted octanol–water partition coefficient (Wildman–Crippen LogP) is 8.89. The summed E-state index contributed by atoms with van der Waals surface area (Å²) in [5, 5.41) is 7.51. The smallest absolute Gasteiger partial charge is 0.332 e. The number of rotatable bonds is 0. The summed E-state index contributed by atoms with van der Waals surface area (Å²) in [6, 6.07) is 42.8. The quantitative estimate of drug-likeness (QED) is 0.167. The summed E-state index contributed by atoms with van der Waals surface area (Å²) >= 11 is 0. The minimum absolute atomic E-state index is 0.0378. The first-order chi connectivity index (χ1) is 22.1. The van der Waals surface area contributed by atoms with Gasteiger partial charge in [-0.15, -0.1) is 0 Å².